The zero-order valence-corrected chi connectivity index (χ0v) is 14.3. The molecule has 6 heteroatoms. The molecule has 0 saturated carbocycles. The number of rotatable bonds is 6. The van der Waals surface area contributed by atoms with Gasteiger partial charge in [-0.3, -0.25) is 4.79 Å². The molecule has 0 atom stereocenters. The summed E-state index contributed by atoms with van der Waals surface area (Å²) in [5.74, 6) is 3.24. The summed E-state index contributed by atoms with van der Waals surface area (Å²) < 4.78 is 7.08. The van der Waals surface area contributed by atoms with E-state index in [0.29, 0.717) is 36.1 Å². The molecular weight excluding hydrogens is 328 g/mol. The SMILES string of the molecule is C#CCn1cnc(-c2ccccc2)c1NC(=O)c1ccnc(OCC)c1. The van der Waals surface area contributed by atoms with Gasteiger partial charge < -0.3 is 14.6 Å². The Bertz CT molecular complexity index is 942. The van der Waals surface area contributed by atoms with Crippen molar-refractivity contribution in [3.05, 3.63) is 60.6 Å². The van der Waals surface area contributed by atoms with Crippen LogP contribution in [0.4, 0.5) is 5.82 Å². The van der Waals surface area contributed by atoms with E-state index in [4.69, 9.17) is 11.2 Å². The summed E-state index contributed by atoms with van der Waals surface area (Å²) in [6.07, 6.45) is 8.60. The van der Waals surface area contributed by atoms with Crippen LogP contribution in [0.2, 0.25) is 0 Å². The molecule has 0 spiro atoms. The van der Waals surface area contributed by atoms with E-state index in [2.05, 4.69) is 21.2 Å². The van der Waals surface area contributed by atoms with E-state index in [0.717, 1.165) is 5.56 Å². The van der Waals surface area contributed by atoms with Crippen LogP contribution in [-0.2, 0) is 6.54 Å². The van der Waals surface area contributed by atoms with E-state index in [1.54, 1.807) is 23.0 Å². The van der Waals surface area contributed by atoms with Crippen molar-refractivity contribution in [1.82, 2.24) is 14.5 Å². The van der Waals surface area contributed by atoms with Crippen LogP contribution in [0.15, 0.2) is 55.0 Å². The highest BCUT2D eigenvalue weighted by Crippen LogP contribution is 2.27. The largest absolute Gasteiger partial charge is 0.478 e. The third-order valence-corrected chi connectivity index (χ3v) is 3.67. The molecule has 0 radical (unpaired) electrons. The Kier molecular flexibility index (Phi) is 5.30. The number of aromatic nitrogens is 3. The van der Waals surface area contributed by atoms with Crippen molar-refractivity contribution in [2.75, 3.05) is 11.9 Å². The highest BCUT2D eigenvalue weighted by atomic mass is 16.5. The molecule has 1 N–H and O–H groups in total. The number of hydrogen-bond acceptors (Lipinski definition) is 4. The van der Waals surface area contributed by atoms with Gasteiger partial charge in [-0.25, -0.2) is 9.97 Å². The third-order valence-electron chi connectivity index (χ3n) is 3.67. The Morgan fingerprint density at radius 1 is 1.27 bits per heavy atom. The first kappa shape index (κ1) is 17.2. The van der Waals surface area contributed by atoms with Crippen LogP contribution >= 0.6 is 0 Å². The smallest absolute Gasteiger partial charge is 0.257 e. The summed E-state index contributed by atoms with van der Waals surface area (Å²) in [6.45, 7) is 2.64. The number of imidazole rings is 1. The monoisotopic (exact) mass is 346 g/mol. The number of benzene rings is 1. The lowest BCUT2D eigenvalue weighted by Gasteiger charge is -2.10. The van der Waals surface area contributed by atoms with Gasteiger partial charge in [-0.15, -0.1) is 6.42 Å². The summed E-state index contributed by atoms with van der Waals surface area (Å²) in [4.78, 5) is 21.2. The number of ether oxygens (including phenoxy) is 1. The van der Waals surface area contributed by atoms with Crippen molar-refractivity contribution in [2.24, 2.45) is 0 Å². The number of nitrogens with one attached hydrogen (secondary N) is 1. The normalized spacial score (nSPS) is 10.2. The second kappa shape index (κ2) is 7.99. The lowest BCUT2D eigenvalue weighted by molar-refractivity contribution is 0.102. The Hall–Kier alpha value is -3.59. The molecule has 0 unspecified atom stereocenters. The van der Waals surface area contributed by atoms with Gasteiger partial charge in [-0.1, -0.05) is 36.3 Å². The molecule has 0 bridgehead atoms. The quantitative estimate of drug-likeness (QED) is 0.696. The Morgan fingerprint density at radius 2 is 2.08 bits per heavy atom. The summed E-state index contributed by atoms with van der Waals surface area (Å²) in [5, 5.41) is 2.91. The van der Waals surface area contributed by atoms with E-state index < -0.39 is 0 Å². The molecule has 2 aromatic heterocycles. The summed E-state index contributed by atoms with van der Waals surface area (Å²) >= 11 is 0. The fourth-order valence-corrected chi connectivity index (χ4v) is 2.50. The third kappa shape index (κ3) is 3.73. The van der Waals surface area contributed by atoms with Crippen LogP contribution in [0.5, 0.6) is 5.88 Å². The van der Waals surface area contributed by atoms with Gasteiger partial charge >= 0.3 is 0 Å². The zero-order chi connectivity index (χ0) is 18.4. The summed E-state index contributed by atoms with van der Waals surface area (Å²) in [6, 6.07) is 12.8. The first-order chi connectivity index (χ1) is 12.7. The maximum atomic E-state index is 12.7. The molecule has 130 valence electrons. The molecule has 6 nitrogen and oxygen atoms in total. The van der Waals surface area contributed by atoms with Crippen molar-refractivity contribution >= 4 is 11.7 Å². The summed E-state index contributed by atoms with van der Waals surface area (Å²) in [5.41, 5.74) is 1.99. The standard InChI is InChI=1S/C20H18N4O2/c1-3-12-24-14-22-18(15-8-6-5-7-9-15)19(24)23-20(25)16-10-11-21-17(13-16)26-4-2/h1,5-11,13-14H,4,12H2,2H3,(H,23,25). The van der Waals surface area contributed by atoms with Gasteiger partial charge in [-0.2, -0.15) is 0 Å². The molecule has 3 aromatic rings. The predicted octanol–water partition coefficient (Wildman–Crippen LogP) is 3.23. The highest BCUT2D eigenvalue weighted by Gasteiger charge is 2.16. The van der Waals surface area contributed by atoms with Crippen molar-refractivity contribution in [3.63, 3.8) is 0 Å². The van der Waals surface area contributed by atoms with Gasteiger partial charge in [-0.05, 0) is 13.0 Å². The molecule has 0 aliphatic carbocycles. The minimum absolute atomic E-state index is 0.288. The minimum atomic E-state index is -0.288. The zero-order valence-electron chi connectivity index (χ0n) is 14.3. The van der Waals surface area contributed by atoms with E-state index in [-0.39, 0.29) is 5.91 Å². The molecule has 2 heterocycles. The molecule has 1 aromatic carbocycles. The molecule has 3 rings (SSSR count). The number of anilines is 1. The molecular formula is C20H18N4O2. The first-order valence-corrected chi connectivity index (χ1v) is 8.17. The Morgan fingerprint density at radius 3 is 2.81 bits per heavy atom. The molecule has 0 aliphatic heterocycles. The number of terminal acetylenes is 1. The van der Waals surface area contributed by atoms with E-state index in [9.17, 15) is 4.79 Å². The van der Waals surface area contributed by atoms with Gasteiger partial charge in [0.1, 0.15) is 11.5 Å². The van der Waals surface area contributed by atoms with Crippen LogP contribution < -0.4 is 10.1 Å². The van der Waals surface area contributed by atoms with Crippen LogP contribution in [0, 0.1) is 12.3 Å². The summed E-state index contributed by atoms with van der Waals surface area (Å²) in [7, 11) is 0. The second-order valence-corrected chi connectivity index (χ2v) is 5.41. The lowest BCUT2D eigenvalue weighted by Crippen LogP contribution is -2.16. The topological polar surface area (TPSA) is 69.0 Å². The molecule has 0 saturated heterocycles. The fourth-order valence-electron chi connectivity index (χ4n) is 2.50. The van der Waals surface area contributed by atoms with Crippen molar-refractivity contribution in [1.29, 1.82) is 0 Å². The van der Waals surface area contributed by atoms with Crippen molar-refractivity contribution in [2.45, 2.75) is 13.5 Å². The minimum Gasteiger partial charge on any atom is -0.478 e. The maximum Gasteiger partial charge on any atom is 0.257 e. The van der Waals surface area contributed by atoms with Gasteiger partial charge in [0, 0.05) is 23.4 Å². The first-order valence-electron chi connectivity index (χ1n) is 8.17. The predicted molar refractivity (Wildman–Crippen MR) is 99.9 cm³/mol. The van der Waals surface area contributed by atoms with Gasteiger partial charge in [0.25, 0.3) is 5.91 Å². The Balaban J connectivity index is 1.93. The average Bonchev–Trinajstić information content (AvgIpc) is 3.06. The molecule has 1 amide bonds. The van der Waals surface area contributed by atoms with Gasteiger partial charge in [0.15, 0.2) is 0 Å². The second-order valence-electron chi connectivity index (χ2n) is 5.41. The maximum absolute atomic E-state index is 12.7. The van der Waals surface area contributed by atoms with E-state index >= 15 is 0 Å². The number of carbonyl (C=O) groups excluding carboxylic acids is 1. The van der Waals surface area contributed by atoms with Crippen LogP contribution in [0.3, 0.4) is 0 Å². The number of pyridine rings is 1. The van der Waals surface area contributed by atoms with Crippen LogP contribution in [0.1, 0.15) is 17.3 Å². The number of nitrogens with zero attached hydrogens (tertiary/aromatic N) is 3. The van der Waals surface area contributed by atoms with Crippen molar-refractivity contribution < 1.29 is 9.53 Å². The molecule has 0 aliphatic rings. The van der Waals surface area contributed by atoms with Gasteiger partial charge in [0.05, 0.1) is 19.5 Å². The van der Waals surface area contributed by atoms with Gasteiger partial charge in [0.2, 0.25) is 5.88 Å². The lowest BCUT2D eigenvalue weighted by atomic mass is 10.1. The Labute approximate surface area is 151 Å². The van der Waals surface area contributed by atoms with Crippen molar-refractivity contribution in [3.8, 4) is 29.5 Å². The van der Waals surface area contributed by atoms with Crippen LogP contribution in [-0.4, -0.2) is 27.0 Å². The number of carbonyl (C=O) groups is 1. The molecule has 26 heavy (non-hydrogen) atoms. The number of amides is 1. The fraction of sp³-hybridized carbons (Fsp3) is 0.150. The highest BCUT2D eigenvalue weighted by molar-refractivity contribution is 6.05. The molecule has 0 fully saturated rings. The number of hydrogen-bond donors (Lipinski definition) is 1. The van der Waals surface area contributed by atoms with Crippen LogP contribution in [0.25, 0.3) is 11.3 Å². The van der Waals surface area contributed by atoms with E-state index in [1.165, 1.54) is 6.20 Å². The average molecular weight is 346 g/mol. The van der Waals surface area contributed by atoms with E-state index in [1.807, 2.05) is 37.3 Å².